The van der Waals surface area contributed by atoms with Gasteiger partial charge in [0.1, 0.15) is 0 Å². The quantitative estimate of drug-likeness (QED) is 0.539. The predicted molar refractivity (Wildman–Crippen MR) is 54.1 cm³/mol. The summed E-state index contributed by atoms with van der Waals surface area (Å²) in [6, 6.07) is 0. The van der Waals surface area contributed by atoms with Crippen LogP contribution in [-0.2, 0) is 19.2 Å². The third kappa shape index (κ3) is 0.924. The van der Waals surface area contributed by atoms with Crippen molar-refractivity contribution in [3.8, 4) is 0 Å². The lowest BCUT2D eigenvalue weighted by Crippen LogP contribution is -2.50. The molecule has 1 aliphatic carbocycles. The first-order valence-corrected chi connectivity index (χ1v) is 5.67. The van der Waals surface area contributed by atoms with Crippen LogP contribution in [0.4, 0.5) is 0 Å². The number of fused-ring (bicyclic) bond motifs is 4. The molecular weight excluding hydrogens is 224 g/mol. The summed E-state index contributed by atoms with van der Waals surface area (Å²) < 4.78 is 0. The first-order valence-electron chi connectivity index (χ1n) is 5.67. The molecule has 3 fully saturated rings. The van der Waals surface area contributed by atoms with Crippen LogP contribution in [0.5, 0.6) is 0 Å². The van der Waals surface area contributed by atoms with Gasteiger partial charge in [-0.15, -0.1) is 0 Å². The number of nitrogens with zero attached hydrogens (tertiary/aromatic N) is 2. The van der Waals surface area contributed by atoms with Crippen LogP contribution in [0.1, 0.15) is 6.92 Å². The number of carbonyl (C=O) groups is 4. The summed E-state index contributed by atoms with van der Waals surface area (Å²) in [6.07, 6.45) is 0. The van der Waals surface area contributed by atoms with Crippen molar-refractivity contribution in [2.24, 2.45) is 23.7 Å². The summed E-state index contributed by atoms with van der Waals surface area (Å²) in [4.78, 5) is 49.7. The fraction of sp³-hybridized carbons (Fsp3) is 0.636. The highest BCUT2D eigenvalue weighted by Gasteiger charge is 2.72. The van der Waals surface area contributed by atoms with Gasteiger partial charge in [-0.1, -0.05) is 0 Å². The third-order valence-corrected chi connectivity index (χ3v) is 4.20. The molecule has 17 heavy (non-hydrogen) atoms. The number of hydrogen-bond donors (Lipinski definition) is 0. The van der Waals surface area contributed by atoms with E-state index in [9.17, 15) is 19.2 Å². The Morgan fingerprint density at radius 1 is 0.824 bits per heavy atom. The van der Waals surface area contributed by atoms with Crippen LogP contribution in [0.2, 0.25) is 0 Å². The lowest BCUT2D eigenvalue weighted by atomic mass is 9.59. The van der Waals surface area contributed by atoms with Gasteiger partial charge in [-0.05, 0) is 6.92 Å². The molecule has 4 amide bonds. The maximum absolute atomic E-state index is 11.9. The predicted octanol–water partition coefficient (Wildman–Crippen LogP) is -1.15. The minimum atomic E-state index is -0.592. The molecule has 6 nitrogen and oxygen atoms in total. The van der Waals surface area contributed by atoms with Crippen molar-refractivity contribution >= 4 is 23.6 Å². The van der Waals surface area contributed by atoms with Crippen LogP contribution in [0.3, 0.4) is 0 Å². The maximum atomic E-state index is 11.9. The van der Waals surface area contributed by atoms with E-state index in [1.807, 2.05) is 0 Å². The Morgan fingerprint density at radius 2 is 1.18 bits per heavy atom. The highest BCUT2D eigenvalue weighted by molar-refractivity contribution is 6.17. The van der Waals surface area contributed by atoms with Crippen molar-refractivity contribution in [1.29, 1.82) is 0 Å². The Bertz CT molecular complexity index is 432. The van der Waals surface area contributed by atoms with E-state index in [1.165, 1.54) is 7.05 Å². The summed E-state index contributed by atoms with van der Waals surface area (Å²) in [5.74, 6) is -3.58. The normalized spacial score (nSPS) is 39.6. The number of amides is 4. The Kier molecular flexibility index (Phi) is 1.80. The van der Waals surface area contributed by atoms with Gasteiger partial charge in [0.05, 0.1) is 23.7 Å². The zero-order valence-corrected chi connectivity index (χ0v) is 9.54. The second kappa shape index (κ2) is 2.94. The van der Waals surface area contributed by atoms with Crippen LogP contribution in [-0.4, -0.2) is 47.0 Å². The average Bonchev–Trinajstić information content (AvgIpc) is 2.54. The topological polar surface area (TPSA) is 74.8 Å². The van der Waals surface area contributed by atoms with Crippen LogP contribution in [0.15, 0.2) is 0 Å². The van der Waals surface area contributed by atoms with Crippen LogP contribution in [0.25, 0.3) is 0 Å². The lowest BCUT2D eigenvalue weighted by molar-refractivity contribution is -0.146. The van der Waals surface area contributed by atoms with E-state index in [1.54, 1.807) is 6.92 Å². The van der Waals surface area contributed by atoms with Gasteiger partial charge < -0.3 is 0 Å². The number of imide groups is 2. The Hall–Kier alpha value is -1.72. The van der Waals surface area contributed by atoms with E-state index >= 15 is 0 Å². The van der Waals surface area contributed by atoms with Gasteiger partial charge in [0.15, 0.2) is 0 Å². The van der Waals surface area contributed by atoms with Gasteiger partial charge in [0.2, 0.25) is 23.6 Å². The summed E-state index contributed by atoms with van der Waals surface area (Å²) >= 11 is 0. The summed E-state index contributed by atoms with van der Waals surface area (Å²) in [7, 11) is 1.41. The van der Waals surface area contributed by atoms with Gasteiger partial charge >= 0.3 is 0 Å². The van der Waals surface area contributed by atoms with Crippen molar-refractivity contribution < 1.29 is 19.2 Å². The standard InChI is InChI=1S/C11H12N2O4/c1-3-13-10(16)6-4-5(7(6)11(13)17)9(15)12(2)8(4)14/h4-7H,3H2,1-2H3. The molecule has 3 aliphatic rings. The fourth-order valence-electron chi connectivity index (χ4n) is 3.31. The van der Waals surface area contributed by atoms with E-state index in [-0.39, 0.29) is 23.6 Å². The first-order chi connectivity index (χ1) is 8.00. The Balaban J connectivity index is 2.00. The van der Waals surface area contributed by atoms with Crippen molar-refractivity contribution in [3.63, 3.8) is 0 Å². The second-order valence-electron chi connectivity index (χ2n) is 4.76. The van der Waals surface area contributed by atoms with Gasteiger partial charge in [-0.2, -0.15) is 0 Å². The minimum Gasteiger partial charge on any atom is -0.285 e. The molecule has 2 heterocycles. The molecule has 0 N–H and O–H groups in total. The van der Waals surface area contributed by atoms with Crippen LogP contribution < -0.4 is 0 Å². The number of rotatable bonds is 1. The monoisotopic (exact) mass is 236 g/mol. The number of carbonyl (C=O) groups excluding carboxylic acids is 4. The second-order valence-corrected chi connectivity index (χ2v) is 4.76. The Labute approximate surface area is 97.5 Å². The van der Waals surface area contributed by atoms with Crippen molar-refractivity contribution in [2.75, 3.05) is 13.6 Å². The van der Waals surface area contributed by atoms with Crippen LogP contribution in [0, 0.1) is 23.7 Å². The van der Waals surface area contributed by atoms with Crippen molar-refractivity contribution in [1.82, 2.24) is 9.80 Å². The first kappa shape index (κ1) is 10.4. The zero-order valence-electron chi connectivity index (χ0n) is 9.54. The van der Waals surface area contributed by atoms with E-state index in [4.69, 9.17) is 0 Å². The van der Waals surface area contributed by atoms with Gasteiger partial charge in [-0.3, -0.25) is 29.0 Å². The molecule has 90 valence electrons. The summed E-state index contributed by atoms with van der Waals surface area (Å²) in [5.41, 5.74) is 0. The SMILES string of the molecule is CCN1C(=O)C2C3C(=O)N(C)C(=O)C3C2C1=O. The summed E-state index contributed by atoms with van der Waals surface area (Å²) in [6.45, 7) is 2.02. The molecule has 1 saturated carbocycles. The third-order valence-electron chi connectivity index (χ3n) is 4.20. The maximum Gasteiger partial charge on any atom is 0.233 e. The zero-order chi connectivity index (χ0) is 12.5. The Morgan fingerprint density at radius 3 is 1.53 bits per heavy atom. The molecular formula is C11H12N2O4. The van der Waals surface area contributed by atoms with E-state index in [0.29, 0.717) is 6.54 Å². The van der Waals surface area contributed by atoms with Crippen molar-refractivity contribution in [3.05, 3.63) is 0 Å². The molecule has 0 radical (unpaired) electrons. The molecule has 3 rings (SSSR count). The molecule has 0 aromatic carbocycles. The largest absolute Gasteiger partial charge is 0.285 e. The lowest BCUT2D eigenvalue weighted by Gasteiger charge is -2.36. The molecule has 4 unspecified atom stereocenters. The molecule has 0 aromatic heterocycles. The molecule has 4 atom stereocenters. The smallest absolute Gasteiger partial charge is 0.233 e. The molecule has 0 aromatic rings. The van der Waals surface area contributed by atoms with E-state index < -0.39 is 23.7 Å². The molecule has 2 saturated heterocycles. The van der Waals surface area contributed by atoms with E-state index in [2.05, 4.69) is 0 Å². The highest BCUT2D eigenvalue weighted by Crippen LogP contribution is 2.55. The van der Waals surface area contributed by atoms with Crippen LogP contribution >= 0.6 is 0 Å². The summed E-state index contributed by atoms with van der Waals surface area (Å²) in [5, 5.41) is 0. The molecule has 2 aliphatic heterocycles. The number of hydrogen-bond acceptors (Lipinski definition) is 4. The van der Waals surface area contributed by atoms with Gasteiger partial charge in [-0.25, -0.2) is 0 Å². The molecule has 0 spiro atoms. The van der Waals surface area contributed by atoms with Gasteiger partial charge in [0, 0.05) is 13.6 Å². The number of likely N-dealkylation sites (tertiary alicyclic amines) is 2. The van der Waals surface area contributed by atoms with Gasteiger partial charge in [0.25, 0.3) is 0 Å². The molecule has 6 heteroatoms. The molecule has 0 bridgehead atoms. The van der Waals surface area contributed by atoms with Crippen molar-refractivity contribution in [2.45, 2.75) is 6.92 Å². The fourth-order valence-corrected chi connectivity index (χ4v) is 3.31. The minimum absolute atomic E-state index is 0.291. The van der Waals surface area contributed by atoms with E-state index in [0.717, 1.165) is 9.80 Å². The average molecular weight is 236 g/mol. The highest BCUT2D eigenvalue weighted by atomic mass is 16.2.